The van der Waals surface area contributed by atoms with Crippen LogP contribution in [0.4, 0.5) is 9.18 Å². The van der Waals surface area contributed by atoms with Gasteiger partial charge in [-0.2, -0.15) is 5.10 Å². The van der Waals surface area contributed by atoms with Crippen LogP contribution in [0.5, 0.6) is 5.88 Å². The Kier molecular flexibility index (Phi) is 6.97. The van der Waals surface area contributed by atoms with Crippen LogP contribution in [0.25, 0.3) is 5.69 Å². The summed E-state index contributed by atoms with van der Waals surface area (Å²) in [4.78, 5) is 16.3. The van der Waals surface area contributed by atoms with Crippen molar-refractivity contribution in [3.8, 4) is 11.6 Å². The molecule has 0 spiro atoms. The van der Waals surface area contributed by atoms with Gasteiger partial charge in [0, 0.05) is 11.8 Å². The lowest BCUT2D eigenvalue weighted by atomic mass is 10.2. The van der Waals surface area contributed by atoms with Crippen LogP contribution in [0, 0.1) is 5.82 Å². The summed E-state index contributed by atoms with van der Waals surface area (Å²) in [5, 5.41) is 4.46. The van der Waals surface area contributed by atoms with Gasteiger partial charge in [0.15, 0.2) is 0 Å². The molecule has 28 heavy (non-hydrogen) atoms. The molecule has 1 heterocycles. The first-order valence-corrected chi connectivity index (χ1v) is 9.88. The molecule has 0 aliphatic rings. The van der Waals surface area contributed by atoms with Gasteiger partial charge in [-0.15, -0.1) is 0 Å². The Morgan fingerprint density at radius 2 is 1.93 bits per heavy atom. The largest absolute Gasteiger partial charge is 0.478 e. The van der Waals surface area contributed by atoms with Gasteiger partial charge >= 0.3 is 5.24 Å². The molecule has 3 rings (SSSR count). The fraction of sp³-hybridized carbons (Fsp3) is 0.190. The zero-order valence-corrected chi connectivity index (χ0v) is 16.2. The second-order valence-corrected chi connectivity index (χ2v) is 6.87. The van der Waals surface area contributed by atoms with Crippen molar-refractivity contribution in [2.45, 2.75) is 19.1 Å². The quantitative estimate of drug-likeness (QED) is 0.602. The van der Waals surface area contributed by atoms with Crippen molar-refractivity contribution in [3.63, 3.8) is 0 Å². The highest BCUT2D eigenvalue weighted by atomic mass is 32.2. The highest BCUT2D eigenvalue weighted by Crippen LogP contribution is 2.16. The van der Waals surface area contributed by atoms with Crippen LogP contribution in [0.2, 0.25) is 0 Å². The minimum Gasteiger partial charge on any atom is -0.478 e. The third-order valence-electron chi connectivity index (χ3n) is 3.74. The van der Waals surface area contributed by atoms with E-state index in [2.05, 4.69) is 10.1 Å². The van der Waals surface area contributed by atoms with E-state index in [1.54, 1.807) is 22.9 Å². The van der Waals surface area contributed by atoms with Crippen LogP contribution in [0.3, 0.4) is 0 Å². The molecular weight excluding hydrogens is 377 g/mol. The molecule has 0 atom stereocenters. The third kappa shape index (κ3) is 5.53. The van der Waals surface area contributed by atoms with E-state index < -0.39 is 0 Å². The Labute approximate surface area is 166 Å². The molecular formula is C21H20FN3O2S. The second-order valence-electron chi connectivity index (χ2n) is 5.94. The number of benzene rings is 2. The lowest BCUT2D eigenvalue weighted by Gasteiger charge is -2.12. The molecule has 0 unspecified atom stereocenters. The predicted molar refractivity (Wildman–Crippen MR) is 108 cm³/mol. The van der Waals surface area contributed by atoms with Crippen molar-refractivity contribution in [2.75, 3.05) is 6.61 Å². The van der Waals surface area contributed by atoms with Crippen LogP contribution >= 0.6 is 11.8 Å². The Hall–Kier alpha value is -2.93. The predicted octanol–water partition coefficient (Wildman–Crippen LogP) is 4.75. The van der Waals surface area contributed by atoms with Gasteiger partial charge in [-0.25, -0.2) is 14.1 Å². The smallest absolute Gasteiger partial charge is 0.305 e. The number of aromatic nitrogens is 2. The summed E-state index contributed by atoms with van der Waals surface area (Å²) in [6.45, 7) is 2.55. The molecule has 0 N–H and O–H groups in total. The molecule has 0 radical (unpaired) electrons. The minimum absolute atomic E-state index is 0.300. The number of carbonyl (C=O) groups excluding carboxylic acids is 1. The average Bonchev–Trinajstić information content (AvgIpc) is 2.72. The van der Waals surface area contributed by atoms with E-state index >= 15 is 0 Å². The standard InChI is InChI=1S/C21H20FN3O2S/c1-2-12-27-20-13-18(14-23-25(20)19-6-4-3-5-7-19)24-21(26)28-15-16-8-10-17(22)11-9-16/h3-11,13-14H,2,12,15H2,1H3. The van der Waals surface area contributed by atoms with Crippen molar-refractivity contribution in [2.24, 2.45) is 4.99 Å². The van der Waals surface area contributed by atoms with Crippen molar-refractivity contribution < 1.29 is 13.9 Å². The molecule has 1 aromatic heterocycles. The summed E-state index contributed by atoms with van der Waals surface area (Å²) >= 11 is 1.05. The molecule has 3 aromatic rings. The van der Waals surface area contributed by atoms with Gasteiger partial charge in [0.1, 0.15) is 5.82 Å². The molecule has 1 amide bonds. The van der Waals surface area contributed by atoms with Crippen molar-refractivity contribution in [3.05, 3.63) is 83.6 Å². The van der Waals surface area contributed by atoms with Crippen LogP contribution in [0.15, 0.2) is 71.9 Å². The molecule has 0 saturated carbocycles. The van der Waals surface area contributed by atoms with E-state index in [4.69, 9.17) is 4.74 Å². The number of hydrogen-bond donors (Lipinski definition) is 0. The van der Waals surface area contributed by atoms with Crippen LogP contribution < -0.4 is 10.1 Å². The van der Waals surface area contributed by atoms with Crippen LogP contribution in [-0.4, -0.2) is 21.6 Å². The monoisotopic (exact) mass is 397 g/mol. The van der Waals surface area contributed by atoms with Gasteiger partial charge in [-0.1, -0.05) is 49.0 Å². The normalized spacial score (nSPS) is 11.4. The molecule has 5 nitrogen and oxygen atoms in total. The number of nitrogens with zero attached hydrogens (tertiary/aromatic N) is 3. The zero-order chi connectivity index (χ0) is 19.8. The van der Waals surface area contributed by atoms with Crippen molar-refractivity contribution in [1.82, 2.24) is 9.78 Å². The fourth-order valence-corrected chi connectivity index (χ4v) is 3.05. The van der Waals surface area contributed by atoms with Gasteiger partial charge in [0.05, 0.1) is 23.8 Å². The Morgan fingerprint density at radius 1 is 1.18 bits per heavy atom. The maximum atomic E-state index is 12.9. The maximum absolute atomic E-state index is 12.9. The zero-order valence-electron chi connectivity index (χ0n) is 15.4. The van der Waals surface area contributed by atoms with E-state index in [1.165, 1.54) is 18.3 Å². The van der Waals surface area contributed by atoms with Crippen LogP contribution in [-0.2, 0) is 5.75 Å². The molecule has 2 aromatic carbocycles. The van der Waals surface area contributed by atoms with Gasteiger partial charge < -0.3 is 4.74 Å². The first kappa shape index (κ1) is 19.8. The molecule has 144 valence electrons. The van der Waals surface area contributed by atoms with E-state index in [1.807, 2.05) is 37.3 Å². The van der Waals surface area contributed by atoms with Crippen molar-refractivity contribution >= 4 is 17.0 Å². The van der Waals surface area contributed by atoms with Crippen LogP contribution in [0.1, 0.15) is 18.9 Å². The number of halogens is 1. The first-order chi connectivity index (χ1) is 13.7. The summed E-state index contributed by atoms with van der Waals surface area (Å²) in [7, 11) is 0. The summed E-state index contributed by atoms with van der Waals surface area (Å²) in [6.07, 6.45) is 2.38. The number of rotatable bonds is 6. The number of ether oxygens (including phenoxy) is 1. The van der Waals surface area contributed by atoms with E-state index in [9.17, 15) is 9.18 Å². The van der Waals surface area contributed by atoms with Gasteiger partial charge in [-0.3, -0.25) is 4.79 Å². The van der Waals surface area contributed by atoms with Gasteiger partial charge in [0.25, 0.3) is 0 Å². The minimum atomic E-state index is -0.343. The topological polar surface area (TPSA) is 56.5 Å². The highest BCUT2D eigenvalue weighted by molar-refractivity contribution is 8.12. The first-order valence-electron chi connectivity index (χ1n) is 8.89. The van der Waals surface area contributed by atoms with E-state index in [0.29, 0.717) is 23.6 Å². The Balaban J connectivity index is 1.78. The molecule has 0 fully saturated rings. The Morgan fingerprint density at radius 3 is 2.64 bits per heavy atom. The van der Waals surface area contributed by atoms with Gasteiger partial charge in [0.2, 0.25) is 5.88 Å². The Bertz CT molecular complexity index is 989. The summed E-state index contributed by atoms with van der Waals surface area (Å²) in [5.74, 6) is 0.642. The number of thioether (sulfide) groups is 1. The molecule has 0 aliphatic heterocycles. The highest BCUT2D eigenvalue weighted by Gasteiger charge is 2.07. The SMILES string of the molecule is CCCOc1cc(=NC(=O)SCc2ccc(F)cc2)cnn1-c1ccccc1. The fourth-order valence-electron chi connectivity index (χ4n) is 2.40. The van der Waals surface area contributed by atoms with Gasteiger partial charge in [-0.05, 0) is 36.2 Å². The third-order valence-corrected chi connectivity index (χ3v) is 4.55. The van der Waals surface area contributed by atoms with Crippen molar-refractivity contribution in [1.29, 1.82) is 0 Å². The van der Waals surface area contributed by atoms with E-state index in [-0.39, 0.29) is 11.1 Å². The summed E-state index contributed by atoms with van der Waals surface area (Å²) < 4.78 is 20.4. The average molecular weight is 397 g/mol. The maximum Gasteiger partial charge on any atom is 0.305 e. The molecule has 0 saturated heterocycles. The molecule has 7 heteroatoms. The summed E-state index contributed by atoms with van der Waals surface area (Å²) in [6, 6.07) is 17.4. The van der Waals surface area contributed by atoms with E-state index in [0.717, 1.165) is 29.4 Å². The lowest BCUT2D eigenvalue weighted by molar-refractivity contribution is 0.267. The summed E-state index contributed by atoms with van der Waals surface area (Å²) in [5.41, 5.74) is 1.71. The lowest BCUT2D eigenvalue weighted by Crippen LogP contribution is -2.15. The number of carbonyl (C=O) groups is 1. The number of hydrogen-bond acceptors (Lipinski definition) is 4. The number of para-hydroxylation sites is 1. The molecule has 0 bridgehead atoms. The second kappa shape index (κ2) is 9.85. The number of amides is 1. The molecule has 0 aliphatic carbocycles.